The number of ether oxygens (including phenoxy) is 2. The molecule has 0 N–H and O–H groups in total. The van der Waals surface area contributed by atoms with E-state index in [0.717, 1.165) is 28.8 Å². The average Bonchev–Trinajstić information content (AvgIpc) is 2.92. The second-order valence-corrected chi connectivity index (χ2v) is 6.70. The zero-order chi connectivity index (χ0) is 19.5. The molecule has 144 valence electrons. The minimum Gasteiger partial charge on any atom is -0.493 e. The molecule has 0 bridgehead atoms. The van der Waals surface area contributed by atoms with Gasteiger partial charge in [0.1, 0.15) is 18.2 Å². The molecule has 1 aromatic heterocycles. The molecular formula is C22H20F2N2O2. The summed E-state index contributed by atoms with van der Waals surface area (Å²) in [6.45, 7) is 1.87. The Morgan fingerprint density at radius 2 is 2.04 bits per heavy atom. The molecule has 0 saturated heterocycles. The summed E-state index contributed by atoms with van der Waals surface area (Å²) in [5.74, 6) is 0.490. The Morgan fingerprint density at radius 3 is 2.82 bits per heavy atom. The van der Waals surface area contributed by atoms with Gasteiger partial charge in [0.05, 0.1) is 7.11 Å². The molecule has 2 heterocycles. The lowest BCUT2D eigenvalue weighted by atomic mass is 10.0. The lowest BCUT2D eigenvalue weighted by Gasteiger charge is -2.20. The molecule has 0 fully saturated rings. The van der Waals surface area contributed by atoms with Crippen LogP contribution in [0.2, 0.25) is 0 Å². The highest BCUT2D eigenvalue weighted by Crippen LogP contribution is 2.38. The summed E-state index contributed by atoms with van der Waals surface area (Å²) in [7, 11) is 1.61. The Morgan fingerprint density at radius 1 is 1.14 bits per heavy atom. The molecule has 0 saturated carbocycles. The van der Waals surface area contributed by atoms with E-state index in [2.05, 4.69) is 4.98 Å². The number of aromatic nitrogens is 1. The maximum absolute atomic E-state index is 14.1. The van der Waals surface area contributed by atoms with Crippen LogP contribution in [0, 0.1) is 11.6 Å². The van der Waals surface area contributed by atoms with Crippen molar-refractivity contribution in [3.63, 3.8) is 0 Å². The second kappa shape index (κ2) is 7.94. The Labute approximate surface area is 162 Å². The topological polar surface area (TPSA) is 34.6 Å². The van der Waals surface area contributed by atoms with Crippen LogP contribution in [0.1, 0.15) is 11.1 Å². The highest BCUT2D eigenvalue weighted by atomic mass is 19.1. The van der Waals surface area contributed by atoms with Crippen molar-refractivity contribution < 1.29 is 18.3 Å². The van der Waals surface area contributed by atoms with E-state index in [1.807, 2.05) is 29.2 Å². The van der Waals surface area contributed by atoms with Gasteiger partial charge >= 0.3 is 0 Å². The fourth-order valence-electron chi connectivity index (χ4n) is 3.43. The Balaban J connectivity index is 1.67. The lowest BCUT2D eigenvalue weighted by molar-refractivity contribution is 0.214. The van der Waals surface area contributed by atoms with E-state index in [-0.39, 0.29) is 0 Å². The number of hydrogen-bond acceptors (Lipinski definition) is 4. The van der Waals surface area contributed by atoms with E-state index in [4.69, 9.17) is 9.47 Å². The molecule has 0 amide bonds. The van der Waals surface area contributed by atoms with Crippen LogP contribution >= 0.6 is 0 Å². The number of nitrogens with zero attached hydrogens (tertiary/aromatic N) is 2. The summed E-state index contributed by atoms with van der Waals surface area (Å²) in [6.07, 6.45) is 3.52. The van der Waals surface area contributed by atoms with Crippen molar-refractivity contribution >= 4 is 0 Å². The van der Waals surface area contributed by atoms with Crippen molar-refractivity contribution in [3.05, 3.63) is 77.6 Å². The van der Waals surface area contributed by atoms with Crippen molar-refractivity contribution in [1.82, 2.24) is 9.88 Å². The van der Waals surface area contributed by atoms with Gasteiger partial charge in [0.2, 0.25) is 0 Å². The molecule has 0 atom stereocenters. The minimum absolute atomic E-state index is 0.297. The number of hydrogen-bond donors (Lipinski definition) is 0. The molecule has 6 heteroatoms. The molecule has 0 radical (unpaired) electrons. The van der Waals surface area contributed by atoms with Gasteiger partial charge in [-0.3, -0.25) is 9.88 Å². The first kappa shape index (κ1) is 18.4. The minimum atomic E-state index is -0.441. The first-order valence-electron chi connectivity index (χ1n) is 9.04. The standard InChI is InChI=1S/C22H20F2N2O2/c1-27-21-11-16(15-3-2-6-25-12-15)9-18-14-26(7-8-28-22(18)21)13-17-10-19(23)4-5-20(17)24/h2-6,9-12H,7-8,13-14H2,1H3. The van der Waals surface area contributed by atoms with Crippen LogP contribution in [-0.4, -0.2) is 30.1 Å². The number of halogens is 2. The van der Waals surface area contributed by atoms with Gasteiger partial charge in [-0.15, -0.1) is 0 Å². The van der Waals surface area contributed by atoms with Crippen molar-refractivity contribution in [2.24, 2.45) is 0 Å². The van der Waals surface area contributed by atoms with E-state index < -0.39 is 11.6 Å². The van der Waals surface area contributed by atoms with Gasteiger partial charge < -0.3 is 9.47 Å². The number of rotatable bonds is 4. The molecular weight excluding hydrogens is 362 g/mol. The number of benzene rings is 2. The summed E-state index contributed by atoms with van der Waals surface area (Å²) < 4.78 is 39.1. The third kappa shape index (κ3) is 3.82. The summed E-state index contributed by atoms with van der Waals surface area (Å²) in [5.41, 5.74) is 3.20. The van der Waals surface area contributed by atoms with E-state index in [1.165, 1.54) is 6.07 Å². The molecule has 2 aromatic carbocycles. The number of methoxy groups -OCH3 is 1. The van der Waals surface area contributed by atoms with E-state index in [0.29, 0.717) is 43.3 Å². The summed E-state index contributed by atoms with van der Waals surface area (Å²) >= 11 is 0. The van der Waals surface area contributed by atoms with Gasteiger partial charge in [0.25, 0.3) is 0 Å². The van der Waals surface area contributed by atoms with Crippen LogP contribution in [-0.2, 0) is 13.1 Å². The molecule has 4 rings (SSSR count). The maximum Gasteiger partial charge on any atom is 0.165 e. The fourth-order valence-corrected chi connectivity index (χ4v) is 3.43. The Hall–Kier alpha value is -2.99. The summed E-state index contributed by atoms with van der Waals surface area (Å²) in [6, 6.07) is 11.4. The first-order chi connectivity index (χ1) is 13.6. The third-order valence-corrected chi connectivity index (χ3v) is 4.80. The van der Waals surface area contributed by atoms with Crippen molar-refractivity contribution in [2.75, 3.05) is 20.3 Å². The molecule has 0 spiro atoms. The predicted octanol–water partition coefficient (Wildman–Crippen LogP) is 4.43. The lowest BCUT2D eigenvalue weighted by Crippen LogP contribution is -2.25. The highest BCUT2D eigenvalue weighted by Gasteiger charge is 2.21. The first-order valence-corrected chi connectivity index (χ1v) is 9.04. The monoisotopic (exact) mass is 382 g/mol. The van der Waals surface area contributed by atoms with Crippen molar-refractivity contribution in [1.29, 1.82) is 0 Å². The van der Waals surface area contributed by atoms with Gasteiger partial charge in [-0.05, 0) is 42.0 Å². The number of pyridine rings is 1. The van der Waals surface area contributed by atoms with Crippen LogP contribution in [0.15, 0.2) is 54.9 Å². The zero-order valence-corrected chi connectivity index (χ0v) is 15.5. The van der Waals surface area contributed by atoms with Gasteiger partial charge in [0, 0.05) is 48.7 Å². The number of fused-ring (bicyclic) bond motifs is 1. The van der Waals surface area contributed by atoms with Crippen LogP contribution < -0.4 is 9.47 Å². The third-order valence-electron chi connectivity index (χ3n) is 4.80. The average molecular weight is 382 g/mol. The van der Waals surface area contributed by atoms with E-state index >= 15 is 0 Å². The van der Waals surface area contributed by atoms with Gasteiger partial charge in [0.15, 0.2) is 11.5 Å². The Bertz CT molecular complexity index is 980. The van der Waals surface area contributed by atoms with Gasteiger partial charge in [-0.25, -0.2) is 8.78 Å². The molecule has 1 aliphatic heterocycles. The molecule has 0 unspecified atom stereocenters. The van der Waals surface area contributed by atoms with Crippen LogP contribution in [0.4, 0.5) is 8.78 Å². The smallest absolute Gasteiger partial charge is 0.165 e. The summed E-state index contributed by atoms with van der Waals surface area (Å²) in [4.78, 5) is 6.21. The van der Waals surface area contributed by atoms with Gasteiger partial charge in [-0.2, -0.15) is 0 Å². The Kier molecular flexibility index (Phi) is 5.21. The molecule has 4 nitrogen and oxygen atoms in total. The second-order valence-electron chi connectivity index (χ2n) is 6.70. The van der Waals surface area contributed by atoms with Gasteiger partial charge in [-0.1, -0.05) is 6.07 Å². The zero-order valence-electron chi connectivity index (χ0n) is 15.5. The molecule has 0 aliphatic carbocycles. The molecule has 28 heavy (non-hydrogen) atoms. The predicted molar refractivity (Wildman–Crippen MR) is 102 cm³/mol. The maximum atomic E-state index is 14.1. The van der Waals surface area contributed by atoms with E-state index in [9.17, 15) is 8.78 Å². The highest BCUT2D eigenvalue weighted by molar-refractivity contribution is 5.68. The normalized spacial score (nSPS) is 14.1. The van der Waals surface area contributed by atoms with Crippen molar-refractivity contribution in [2.45, 2.75) is 13.1 Å². The fraction of sp³-hybridized carbons (Fsp3) is 0.227. The van der Waals surface area contributed by atoms with E-state index in [1.54, 1.807) is 19.5 Å². The molecule has 1 aliphatic rings. The van der Waals surface area contributed by atoms with Crippen molar-refractivity contribution in [3.8, 4) is 22.6 Å². The molecule has 3 aromatic rings. The van der Waals surface area contributed by atoms with Crippen LogP contribution in [0.3, 0.4) is 0 Å². The largest absolute Gasteiger partial charge is 0.493 e. The van der Waals surface area contributed by atoms with Crippen LogP contribution in [0.5, 0.6) is 11.5 Å². The quantitative estimate of drug-likeness (QED) is 0.669. The SMILES string of the molecule is COc1cc(-c2cccnc2)cc2c1OCCN(Cc1cc(F)ccc1F)C2. The summed E-state index contributed by atoms with van der Waals surface area (Å²) in [5, 5.41) is 0. The van der Waals surface area contributed by atoms with Crippen LogP contribution in [0.25, 0.3) is 11.1 Å².